The van der Waals surface area contributed by atoms with Gasteiger partial charge in [0.25, 0.3) is 0 Å². The molecular weight excluding hydrogens is 208 g/mol. The van der Waals surface area contributed by atoms with Gasteiger partial charge in [0.05, 0.1) is 0 Å². The van der Waals surface area contributed by atoms with Crippen molar-refractivity contribution in [2.75, 3.05) is 13.1 Å². The van der Waals surface area contributed by atoms with Crippen molar-refractivity contribution in [1.82, 2.24) is 4.90 Å². The van der Waals surface area contributed by atoms with Gasteiger partial charge < -0.3 is 5.73 Å². The maximum Gasteiger partial charge on any atom is 0.0249 e. The SMILES string of the molecule is CCC(CC)C(CN)N1CCCCCC1CC. The molecule has 0 saturated carbocycles. The fourth-order valence-corrected chi connectivity index (χ4v) is 3.51. The van der Waals surface area contributed by atoms with Gasteiger partial charge >= 0.3 is 0 Å². The molecule has 0 aromatic rings. The van der Waals surface area contributed by atoms with Crippen molar-refractivity contribution in [3.8, 4) is 0 Å². The summed E-state index contributed by atoms with van der Waals surface area (Å²) in [6.45, 7) is 9.08. The van der Waals surface area contributed by atoms with Crippen LogP contribution in [0.15, 0.2) is 0 Å². The molecule has 2 nitrogen and oxygen atoms in total. The smallest absolute Gasteiger partial charge is 0.0249 e. The highest BCUT2D eigenvalue weighted by Gasteiger charge is 2.29. The Morgan fingerprint density at radius 1 is 1.12 bits per heavy atom. The van der Waals surface area contributed by atoms with Gasteiger partial charge in [-0.1, -0.05) is 46.5 Å². The lowest BCUT2D eigenvalue weighted by Crippen LogP contribution is -2.50. The minimum absolute atomic E-state index is 0.619. The van der Waals surface area contributed by atoms with Crippen molar-refractivity contribution in [3.63, 3.8) is 0 Å². The van der Waals surface area contributed by atoms with E-state index in [4.69, 9.17) is 5.73 Å². The van der Waals surface area contributed by atoms with Gasteiger partial charge in [-0.05, 0) is 31.7 Å². The van der Waals surface area contributed by atoms with Gasteiger partial charge in [-0.3, -0.25) is 4.90 Å². The molecule has 0 aromatic heterocycles. The van der Waals surface area contributed by atoms with Gasteiger partial charge in [0.15, 0.2) is 0 Å². The second-order valence-corrected chi connectivity index (χ2v) is 5.53. The Morgan fingerprint density at radius 2 is 1.82 bits per heavy atom. The molecule has 2 atom stereocenters. The lowest BCUT2D eigenvalue weighted by molar-refractivity contribution is 0.0908. The van der Waals surface area contributed by atoms with Crippen LogP contribution in [0.2, 0.25) is 0 Å². The Kier molecular flexibility index (Phi) is 7.14. The van der Waals surface area contributed by atoms with Crippen molar-refractivity contribution < 1.29 is 0 Å². The predicted molar refractivity (Wildman–Crippen MR) is 76.2 cm³/mol. The molecular formula is C15H32N2. The van der Waals surface area contributed by atoms with Crippen LogP contribution in [-0.4, -0.2) is 30.1 Å². The molecule has 17 heavy (non-hydrogen) atoms. The zero-order chi connectivity index (χ0) is 12.7. The first-order valence-electron chi connectivity index (χ1n) is 7.74. The molecule has 2 unspecified atom stereocenters. The van der Waals surface area contributed by atoms with Crippen molar-refractivity contribution in [1.29, 1.82) is 0 Å². The average molecular weight is 240 g/mol. The van der Waals surface area contributed by atoms with E-state index in [0.717, 1.165) is 18.5 Å². The van der Waals surface area contributed by atoms with E-state index in [1.807, 2.05) is 0 Å². The summed E-state index contributed by atoms with van der Waals surface area (Å²) < 4.78 is 0. The summed E-state index contributed by atoms with van der Waals surface area (Å²) in [6.07, 6.45) is 9.40. The number of nitrogens with zero attached hydrogens (tertiary/aromatic N) is 1. The maximum absolute atomic E-state index is 6.08. The first kappa shape index (κ1) is 15.0. The molecule has 1 fully saturated rings. The standard InChI is InChI=1S/C15H32N2/c1-4-13(5-2)15(12-16)17-11-9-7-8-10-14(17)6-3/h13-15H,4-12,16H2,1-3H3. The summed E-state index contributed by atoms with van der Waals surface area (Å²) in [5.74, 6) is 0.784. The van der Waals surface area contributed by atoms with Crippen LogP contribution in [0, 0.1) is 5.92 Å². The highest BCUT2D eigenvalue weighted by atomic mass is 15.2. The number of rotatable bonds is 6. The van der Waals surface area contributed by atoms with Crippen LogP contribution >= 0.6 is 0 Å². The van der Waals surface area contributed by atoms with Crippen LogP contribution in [0.3, 0.4) is 0 Å². The monoisotopic (exact) mass is 240 g/mol. The van der Waals surface area contributed by atoms with E-state index in [2.05, 4.69) is 25.7 Å². The number of hydrogen-bond donors (Lipinski definition) is 1. The van der Waals surface area contributed by atoms with E-state index in [0.29, 0.717) is 6.04 Å². The van der Waals surface area contributed by atoms with Crippen molar-refractivity contribution in [2.45, 2.75) is 77.8 Å². The molecule has 0 bridgehead atoms. The molecule has 0 radical (unpaired) electrons. The minimum atomic E-state index is 0.619. The van der Waals surface area contributed by atoms with Crippen molar-refractivity contribution >= 4 is 0 Å². The molecule has 2 heteroatoms. The minimum Gasteiger partial charge on any atom is -0.329 e. The zero-order valence-corrected chi connectivity index (χ0v) is 12.1. The molecule has 1 rings (SSSR count). The summed E-state index contributed by atoms with van der Waals surface area (Å²) in [5.41, 5.74) is 6.08. The average Bonchev–Trinajstić information content (AvgIpc) is 2.60. The second kappa shape index (κ2) is 8.10. The molecule has 1 aliphatic heterocycles. The summed E-state index contributed by atoms with van der Waals surface area (Å²) >= 11 is 0. The van der Waals surface area contributed by atoms with E-state index in [1.54, 1.807) is 0 Å². The first-order valence-corrected chi connectivity index (χ1v) is 7.74. The molecule has 102 valence electrons. The largest absolute Gasteiger partial charge is 0.329 e. The zero-order valence-electron chi connectivity index (χ0n) is 12.1. The van der Waals surface area contributed by atoms with E-state index in [9.17, 15) is 0 Å². The Bertz CT molecular complexity index is 189. The topological polar surface area (TPSA) is 29.3 Å². The first-order chi connectivity index (χ1) is 8.28. The van der Waals surface area contributed by atoms with Crippen molar-refractivity contribution in [3.05, 3.63) is 0 Å². The fourth-order valence-electron chi connectivity index (χ4n) is 3.51. The van der Waals surface area contributed by atoms with Gasteiger partial charge in [0.1, 0.15) is 0 Å². The van der Waals surface area contributed by atoms with Crippen LogP contribution in [0.4, 0.5) is 0 Å². The molecule has 0 amide bonds. The van der Waals surface area contributed by atoms with E-state index < -0.39 is 0 Å². The summed E-state index contributed by atoms with van der Waals surface area (Å²) in [5, 5.41) is 0. The lowest BCUT2D eigenvalue weighted by atomic mass is 9.91. The lowest BCUT2D eigenvalue weighted by Gasteiger charge is -2.40. The second-order valence-electron chi connectivity index (χ2n) is 5.53. The molecule has 2 N–H and O–H groups in total. The van der Waals surface area contributed by atoms with Crippen LogP contribution in [0.25, 0.3) is 0 Å². The van der Waals surface area contributed by atoms with Gasteiger partial charge in [0, 0.05) is 18.6 Å². The van der Waals surface area contributed by atoms with E-state index >= 15 is 0 Å². The Labute approximate surface area is 108 Å². The molecule has 0 aromatic carbocycles. The molecule has 1 saturated heterocycles. The Hall–Kier alpha value is -0.0800. The maximum atomic E-state index is 6.08. The van der Waals surface area contributed by atoms with Gasteiger partial charge in [-0.25, -0.2) is 0 Å². The molecule has 1 aliphatic rings. The third-order valence-electron chi connectivity index (χ3n) is 4.65. The van der Waals surface area contributed by atoms with Crippen LogP contribution in [-0.2, 0) is 0 Å². The Morgan fingerprint density at radius 3 is 2.35 bits per heavy atom. The van der Waals surface area contributed by atoms with E-state index in [-0.39, 0.29) is 0 Å². The third-order valence-corrected chi connectivity index (χ3v) is 4.65. The molecule has 0 aliphatic carbocycles. The van der Waals surface area contributed by atoms with Gasteiger partial charge in [-0.15, -0.1) is 0 Å². The number of hydrogen-bond acceptors (Lipinski definition) is 2. The predicted octanol–water partition coefficient (Wildman–Crippen LogP) is 3.40. The molecule has 1 heterocycles. The highest BCUT2D eigenvalue weighted by Crippen LogP contribution is 2.26. The Balaban J connectivity index is 2.74. The number of likely N-dealkylation sites (tertiary alicyclic amines) is 1. The fraction of sp³-hybridized carbons (Fsp3) is 1.00. The van der Waals surface area contributed by atoms with Crippen LogP contribution < -0.4 is 5.73 Å². The normalized spacial score (nSPS) is 24.9. The van der Waals surface area contributed by atoms with Crippen LogP contribution in [0.1, 0.15) is 65.7 Å². The van der Waals surface area contributed by atoms with Crippen LogP contribution in [0.5, 0.6) is 0 Å². The van der Waals surface area contributed by atoms with Crippen molar-refractivity contribution in [2.24, 2.45) is 11.7 Å². The van der Waals surface area contributed by atoms with Gasteiger partial charge in [0.2, 0.25) is 0 Å². The highest BCUT2D eigenvalue weighted by molar-refractivity contribution is 4.85. The third kappa shape index (κ3) is 3.96. The number of nitrogens with two attached hydrogens (primary N) is 1. The van der Waals surface area contributed by atoms with Gasteiger partial charge in [-0.2, -0.15) is 0 Å². The summed E-state index contributed by atoms with van der Waals surface area (Å²) in [7, 11) is 0. The quantitative estimate of drug-likeness (QED) is 0.771. The summed E-state index contributed by atoms with van der Waals surface area (Å²) in [6, 6.07) is 1.40. The summed E-state index contributed by atoms with van der Waals surface area (Å²) in [4.78, 5) is 2.75. The molecule has 0 spiro atoms. The van der Waals surface area contributed by atoms with E-state index in [1.165, 1.54) is 51.5 Å².